The van der Waals surface area contributed by atoms with Crippen LogP contribution in [0.15, 0.2) is 48.5 Å². The molecule has 6 nitrogen and oxygen atoms in total. The number of ether oxygens (including phenoxy) is 1. The molecule has 1 saturated heterocycles. The molecule has 0 atom stereocenters. The summed E-state index contributed by atoms with van der Waals surface area (Å²) in [5.41, 5.74) is 4.43. The van der Waals surface area contributed by atoms with Crippen LogP contribution in [0.5, 0.6) is 0 Å². The molecule has 1 amide bonds. The topological polar surface area (TPSA) is 70.7 Å². The van der Waals surface area contributed by atoms with Gasteiger partial charge in [0.2, 0.25) is 0 Å². The summed E-state index contributed by atoms with van der Waals surface area (Å²) in [6.45, 7) is 1.94. The number of nitrogens with one attached hydrogen (secondary N) is 2. The number of amides is 1. The summed E-state index contributed by atoms with van der Waals surface area (Å²) in [4.78, 5) is 27.2. The van der Waals surface area contributed by atoms with E-state index in [1.807, 2.05) is 36.4 Å². The highest BCUT2D eigenvalue weighted by Gasteiger charge is 2.32. The summed E-state index contributed by atoms with van der Waals surface area (Å²) in [7, 11) is 3.42. The van der Waals surface area contributed by atoms with E-state index < -0.39 is 5.97 Å². The summed E-state index contributed by atoms with van der Waals surface area (Å²) in [6.07, 6.45) is 2.05. The van der Waals surface area contributed by atoms with Gasteiger partial charge < -0.3 is 20.3 Å². The first-order chi connectivity index (χ1) is 14.1. The van der Waals surface area contributed by atoms with Gasteiger partial charge in [0.15, 0.2) is 0 Å². The summed E-state index contributed by atoms with van der Waals surface area (Å²) in [6, 6.07) is 15.6. The molecule has 6 heteroatoms. The first-order valence-corrected chi connectivity index (χ1v) is 9.87. The fourth-order valence-electron chi connectivity index (χ4n) is 4.15. The molecule has 0 aromatic heterocycles. The molecule has 0 spiro atoms. The molecule has 0 radical (unpaired) electrons. The smallest absolute Gasteiger partial charge is 0.337 e. The van der Waals surface area contributed by atoms with E-state index in [4.69, 9.17) is 4.74 Å². The van der Waals surface area contributed by atoms with Crippen LogP contribution in [0.25, 0.3) is 11.3 Å². The molecule has 2 aliphatic heterocycles. The molecule has 2 aromatic rings. The predicted molar refractivity (Wildman–Crippen MR) is 113 cm³/mol. The largest absolute Gasteiger partial charge is 0.465 e. The van der Waals surface area contributed by atoms with Crippen LogP contribution in [0.2, 0.25) is 0 Å². The Morgan fingerprint density at radius 1 is 1.07 bits per heavy atom. The van der Waals surface area contributed by atoms with E-state index in [-0.39, 0.29) is 5.91 Å². The Morgan fingerprint density at radius 3 is 2.48 bits per heavy atom. The van der Waals surface area contributed by atoms with Crippen LogP contribution in [-0.4, -0.2) is 50.1 Å². The molecule has 150 valence electrons. The van der Waals surface area contributed by atoms with E-state index >= 15 is 0 Å². The molecule has 0 bridgehead atoms. The van der Waals surface area contributed by atoms with Crippen molar-refractivity contribution >= 4 is 28.8 Å². The number of hydrogen-bond donors (Lipinski definition) is 2. The van der Waals surface area contributed by atoms with Crippen LogP contribution in [0.3, 0.4) is 0 Å². The second-order valence-corrected chi connectivity index (χ2v) is 7.39. The molecule has 1 fully saturated rings. The summed E-state index contributed by atoms with van der Waals surface area (Å²) in [5.74, 6) is -0.573. The monoisotopic (exact) mass is 391 g/mol. The van der Waals surface area contributed by atoms with Gasteiger partial charge in [0.25, 0.3) is 5.91 Å². The average Bonchev–Trinajstić information content (AvgIpc) is 3.09. The molecule has 0 aliphatic carbocycles. The number of esters is 1. The number of nitrogens with zero attached hydrogens (tertiary/aromatic N) is 1. The summed E-state index contributed by atoms with van der Waals surface area (Å²) < 4.78 is 4.81. The van der Waals surface area contributed by atoms with Crippen molar-refractivity contribution in [1.82, 2.24) is 10.2 Å². The molecule has 29 heavy (non-hydrogen) atoms. The highest BCUT2D eigenvalue weighted by Crippen LogP contribution is 2.39. The minimum Gasteiger partial charge on any atom is -0.465 e. The molecule has 2 aliphatic rings. The fourth-order valence-corrected chi connectivity index (χ4v) is 4.15. The van der Waals surface area contributed by atoms with Crippen molar-refractivity contribution in [2.24, 2.45) is 0 Å². The Hall–Kier alpha value is -3.12. The van der Waals surface area contributed by atoms with Crippen LogP contribution in [0.1, 0.15) is 34.3 Å². The zero-order valence-electron chi connectivity index (χ0n) is 16.7. The van der Waals surface area contributed by atoms with Crippen molar-refractivity contribution in [3.63, 3.8) is 0 Å². The third-order valence-electron chi connectivity index (χ3n) is 5.68. The second kappa shape index (κ2) is 8.09. The van der Waals surface area contributed by atoms with Crippen LogP contribution in [-0.2, 0) is 9.53 Å². The summed E-state index contributed by atoms with van der Waals surface area (Å²) >= 11 is 0. The Balaban J connectivity index is 1.85. The second-order valence-electron chi connectivity index (χ2n) is 7.39. The van der Waals surface area contributed by atoms with Gasteiger partial charge in [-0.1, -0.05) is 36.4 Å². The molecule has 2 aromatic carbocycles. The Labute approximate surface area is 170 Å². The Kier molecular flexibility index (Phi) is 5.36. The van der Waals surface area contributed by atoms with E-state index in [2.05, 4.69) is 22.6 Å². The first-order valence-electron chi connectivity index (χ1n) is 9.87. The van der Waals surface area contributed by atoms with Crippen LogP contribution in [0.4, 0.5) is 5.69 Å². The molecule has 0 saturated carbocycles. The van der Waals surface area contributed by atoms with Crippen LogP contribution < -0.4 is 10.6 Å². The highest BCUT2D eigenvalue weighted by atomic mass is 16.5. The molecule has 2 N–H and O–H groups in total. The lowest BCUT2D eigenvalue weighted by Crippen LogP contribution is -2.40. The molecular formula is C23H25N3O3. The van der Waals surface area contributed by atoms with Gasteiger partial charge in [0, 0.05) is 18.7 Å². The number of anilines is 1. The predicted octanol–water partition coefficient (Wildman–Crippen LogP) is 2.98. The van der Waals surface area contributed by atoms with E-state index in [9.17, 15) is 9.59 Å². The quantitative estimate of drug-likeness (QED) is 0.619. The van der Waals surface area contributed by atoms with Gasteiger partial charge in [0.05, 0.1) is 29.6 Å². The van der Waals surface area contributed by atoms with E-state index in [0.29, 0.717) is 22.9 Å². The number of rotatable bonds is 4. The lowest BCUT2D eigenvalue weighted by atomic mass is 9.96. The van der Waals surface area contributed by atoms with Crippen molar-refractivity contribution in [3.8, 4) is 0 Å². The standard InChI is InChI=1S/C23H25N3O3/c1-26(17-10-12-24-13-11-17)21(15-6-4-3-5-7-15)20-18-9-8-16(23(28)29-2)14-19(18)25-22(20)27/h3-9,14,17,24H,10-13H2,1-2H3,(H,25,27). The maximum atomic E-state index is 13.1. The SMILES string of the molecule is COC(=O)c1ccc2c(c1)NC(=O)C2=C(c1ccccc1)N(C)C1CCNCC1. The molecule has 2 heterocycles. The maximum absolute atomic E-state index is 13.1. The summed E-state index contributed by atoms with van der Waals surface area (Å²) in [5, 5.41) is 6.33. The zero-order valence-corrected chi connectivity index (χ0v) is 16.7. The van der Waals surface area contributed by atoms with Crippen molar-refractivity contribution in [3.05, 3.63) is 65.2 Å². The third-order valence-corrected chi connectivity index (χ3v) is 5.68. The Morgan fingerprint density at radius 2 is 1.79 bits per heavy atom. The van der Waals surface area contributed by atoms with E-state index in [1.54, 1.807) is 12.1 Å². The number of fused-ring (bicyclic) bond motifs is 1. The van der Waals surface area contributed by atoms with Gasteiger partial charge in [-0.25, -0.2) is 4.79 Å². The van der Waals surface area contributed by atoms with Crippen LogP contribution >= 0.6 is 0 Å². The van der Waals surface area contributed by atoms with Crippen molar-refractivity contribution < 1.29 is 14.3 Å². The third kappa shape index (κ3) is 3.63. The van der Waals surface area contributed by atoms with Crippen molar-refractivity contribution in [1.29, 1.82) is 0 Å². The van der Waals surface area contributed by atoms with Crippen molar-refractivity contribution in [2.75, 3.05) is 32.6 Å². The lowest BCUT2D eigenvalue weighted by Gasteiger charge is -2.36. The number of carbonyl (C=O) groups excluding carboxylic acids is 2. The van der Waals surface area contributed by atoms with Gasteiger partial charge >= 0.3 is 5.97 Å². The van der Waals surface area contributed by atoms with Crippen molar-refractivity contribution in [2.45, 2.75) is 18.9 Å². The molecular weight excluding hydrogens is 366 g/mol. The average molecular weight is 391 g/mol. The number of piperidine rings is 1. The fraction of sp³-hybridized carbons (Fsp3) is 0.304. The maximum Gasteiger partial charge on any atom is 0.337 e. The van der Waals surface area contributed by atoms with Gasteiger partial charge in [-0.15, -0.1) is 0 Å². The number of benzene rings is 2. The van der Waals surface area contributed by atoms with E-state index in [1.165, 1.54) is 7.11 Å². The minimum absolute atomic E-state index is 0.151. The highest BCUT2D eigenvalue weighted by molar-refractivity contribution is 6.36. The van der Waals surface area contributed by atoms with Gasteiger partial charge in [-0.3, -0.25) is 4.79 Å². The first kappa shape index (κ1) is 19.2. The van der Waals surface area contributed by atoms with Crippen LogP contribution in [0, 0.1) is 0 Å². The normalized spacial score (nSPS) is 18.1. The number of carbonyl (C=O) groups is 2. The Bertz CT molecular complexity index is 963. The lowest BCUT2D eigenvalue weighted by molar-refractivity contribution is -0.110. The number of hydrogen-bond acceptors (Lipinski definition) is 5. The van der Waals surface area contributed by atoms with E-state index in [0.717, 1.165) is 42.8 Å². The molecule has 0 unspecified atom stereocenters. The van der Waals surface area contributed by atoms with Gasteiger partial charge in [-0.2, -0.15) is 0 Å². The van der Waals surface area contributed by atoms with Gasteiger partial charge in [0.1, 0.15) is 0 Å². The number of methoxy groups -OCH3 is 1. The zero-order chi connectivity index (χ0) is 20.4. The molecule has 4 rings (SSSR count). The minimum atomic E-state index is -0.422. The van der Waals surface area contributed by atoms with Gasteiger partial charge in [-0.05, 0) is 43.6 Å².